The molecule has 2 saturated carbocycles. The summed E-state index contributed by atoms with van der Waals surface area (Å²) in [5.41, 5.74) is 0. The zero-order chi connectivity index (χ0) is 13.5. The smallest absolute Gasteiger partial charge is 0.220 e. The van der Waals surface area contributed by atoms with Gasteiger partial charge in [0.25, 0.3) is 0 Å². The van der Waals surface area contributed by atoms with E-state index in [4.69, 9.17) is 11.6 Å². The molecule has 0 bridgehead atoms. The van der Waals surface area contributed by atoms with Crippen molar-refractivity contribution in [2.45, 2.75) is 76.0 Å². The van der Waals surface area contributed by atoms with Crippen molar-refractivity contribution in [1.82, 2.24) is 5.32 Å². The van der Waals surface area contributed by atoms with E-state index in [9.17, 15) is 4.79 Å². The number of halogens is 1. The van der Waals surface area contributed by atoms with Crippen molar-refractivity contribution in [3.63, 3.8) is 0 Å². The minimum absolute atomic E-state index is 0.252. The largest absolute Gasteiger partial charge is 0.356 e. The first kappa shape index (κ1) is 15.2. The average Bonchev–Trinajstić information content (AvgIpc) is 2.44. The van der Waals surface area contributed by atoms with E-state index in [-0.39, 0.29) is 5.91 Å². The zero-order valence-electron chi connectivity index (χ0n) is 12.0. The van der Waals surface area contributed by atoms with Crippen molar-refractivity contribution in [3.8, 4) is 0 Å². The molecule has 0 aromatic rings. The summed E-state index contributed by atoms with van der Waals surface area (Å²) in [4.78, 5) is 11.9. The van der Waals surface area contributed by atoms with Crippen LogP contribution in [0.15, 0.2) is 0 Å². The third-order valence-corrected chi connectivity index (χ3v) is 5.21. The minimum Gasteiger partial charge on any atom is -0.356 e. The number of amides is 1. The molecule has 110 valence electrons. The second kappa shape index (κ2) is 8.14. The Kier molecular flexibility index (Phi) is 6.49. The van der Waals surface area contributed by atoms with Crippen LogP contribution in [0, 0.1) is 11.8 Å². The molecular weight excluding hydrogens is 258 g/mol. The molecule has 19 heavy (non-hydrogen) atoms. The van der Waals surface area contributed by atoms with E-state index in [2.05, 4.69) is 5.32 Å². The topological polar surface area (TPSA) is 29.1 Å². The lowest BCUT2D eigenvalue weighted by Crippen LogP contribution is -2.32. The van der Waals surface area contributed by atoms with Crippen LogP contribution in [0.3, 0.4) is 0 Å². The Morgan fingerprint density at radius 1 is 1.00 bits per heavy atom. The van der Waals surface area contributed by atoms with Gasteiger partial charge >= 0.3 is 0 Å². The van der Waals surface area contributed by atoms with Crippen LogP contribution in [-0.2, 0) is 4.79 Å². The highest BCUT2D eigenvalue weighted by molar-refractivity contribution is 6.20. The van der Waals surface area contributed by atoms with Crippen LogP contribution in [0.5, 0.6) is 0 Å². The normalized spacial score (nSPS) is 29.1. The minimum atomic E-state index is 0.252. The first-order valence-electron chi connectivity index (χ1n) is 8.15. The summed E-state index contributed by atoms with van der Waals surface area (Å²) in [5, 5.41) is 3.45. The lowest BCUT2D eigenvalue weighted by Gasteiger charge is -2.25. The molecule has 0 aromatic heterocycles. The molecule has 2 aliphatic carbocycles. The van der Waals surface area contributed by atoms with Crippen LogP contribution in [0.2, 0.25) is 0 Å². The standard InChI is InChI=1S/C16H28ClNO/c17-15-8-4-7-14(11-15)12-18-16(19)10-9-13-5-2-1-3-6-13/h13-15H,1-12H2,(H,18,19). The van der Waals surface area contributed by atoms with Crippen molar-refractivity contribution in [3.05, 3.63) is 0 Å². The number of carbonyl (C=O) groups excluding carboxylic acids is 1. The molecule has 2 atom stereocenters. The summed E-state index contributed by atoms with van der Waals surface area (Å²) < 4.78 is 0. The number of alkyl halides is 1. The Morgan fingerprint density at radius 2 is 1.74 bits per heavy atom. The highest BCUT2D eigenvalue weighted by Crippen LogP contribution is 2.28. The van der Waals surface area contributed by atoms with Gasteiger partial charge in [0, 0.05) is 18.3 Å². The predicted octanol–water partition coefficient (Wildman–Crippen LogP) is 4.26. The van der Waals surface area contributed by atoms with Crippen molar-refractivity contribution in [2.75, 3.05) is 6.54 Å². The molecule has 2 fully saturated rings. The maximum absolute atomic E-state index is 11.9. The molecule has 0 aliphatic heterocycles. The summed E-state index contributed by atoms with van der Waals surface area (Å²) in [7, 11) is 0. The fourth-order valence-electron chi connectivity index (χ4n) is 3.57. The Balaban J connectivity index is 1.56. The molecule has 0 spiro atoms. The van der Waals surface area contributed by atoms with Gasteiger partial charge in [-0.3, -0.25) is 4.79 Å². The number of hydrogen-bond acceptors (Lipinski definition) is 1. The zero-order valence-corrected chi connectivity index (χ0v) is 12.8. The Hall–Kier alpha value is -0.240. The highest BCUT2D eigenvalue weighted by Gasteiger charge is 2.21. The molecule has 3 heteroatoms. The van der Waals surface area contributed by atoms with Gasteiger partial charge in [0.15, 0.2) is 0 Å². The number of hydrogen-bond donors (Lipinski definition) is 1. The molecule has 2 unspecified atom stereocenters. The van der Waals surface area contributed by atoms with Gasteiger partial charge in [-0.05, 0) is 37.5 Å². The van der Waals surface area contributed by atoms with Crippen LogP contribution in [0.4, 0.5) is 0 Å². The monoisotopic (exact) mass is 285 g/mol. The summed E-state index contributed by atoms with van der Waals surface area (Å²) in [6.45, 7) is 0.840. The van der Waals surface area contributed by atoms with E-state index in [0.717, 1.165) is 38.1 Å². The molecule has 2 rings (SSSR count). The van der Waals surface area contributed by atoms with Gasteiger partial charge in [0.1, 0.15) is 0 Å². The van der Waals surface area contributed by atoms with Crippen LogP contribution < -0.4 is 5.32 Å². The fraction of sp³-hybridized carbons (Fsp3) is 0.938. The van der Waals surface area contributed by atoms with E-state index < -0.39 is 0 Å². The molecular formula is C16H28ClNO. The van der Waals surface area contributed by atoms with Crippen molar-refractivity contribution in [2.24, 2.45) is 11.8 Å². The lowest BCUT2D eigenvalue weighted by atomic mass is 9.86. The molecule has 1 N–H and O–H groups in total. The van der Waals surface area contributed by atoms with Gasteiger partial charge in [0.05, 0.1) is 0 Å². The quantitative estimate of drug-likeness (QED) is 0.751. The van der Waals surface area contributed by atoms with Gasteiger partial charge in [-0.2, -0.15) is 0 Å². The van der Waals surface area contributed by atoms with Crippen molar-refractivity contribution in [1.29, 1.82) is 0 Å². The number of nitrogens with one attached hydrogen (secondary N) is 1. The van der Waals surface area contributed by atoms with E-state index in [1.807, 2.05) is 0 Å². The van der Waals surface area contributed by atoms with Crippen molar-refractivity contribution < 1.29 is 4.79 Å². The second-order valence-electron chi connectivity index (χ2n) is 6.48. The van der Waals surface area contributed by atoms with Gasteiger partial charge in [-0.25, -0.2) is 0 Å². The van der Waals surface area contributed by atoms with E-state index in [1.165, 1.54) is 44.9 Å². The maximum Gasteiger partial charge on any atom is 0.220 e. The SMILES string of the molecule is O=C(CCC1CCCCC1)NCC1CCCC(Cl)C1. The average molecular weight is 286 g/mol. The Morgan fingerprint density at radius 3 is 2.47 bits per heavy atom. The molecule has 1 amide bonds. The van der Waals surface area contributed by atoms with Crippen LogP contribution >= 0.6 is 11.6 Å². The van der Waals surface area contributed by atoms with E-state index in [1.54, 1.807) is 0 Å². The maximum atomic E-state index is 11.9. The Labute approximate surface area is 122 Å². The number of rotatable bonds is 5. The van der Waals surface area contributed by atoms with E-state index in [0.29, 0.717) is 11.3 Å². The third-order valence-electron chi connectivity index (χ3n) is 4.81. The molecule has 0 saturated heterocycles. The Bertz CT molecular complexity index is 276. The summed E-state index contributed by atoms with van der Waals surface area (Å²) in [5.74, 6) is 1.67. The lowest BCUT2D eigenvalue weighted by molar-refractivity contribution is -0.121. The highest BCUT2D eigenvalue weighted by atomic mass is 35.5. The van der Waals surface area contributed by atoms with Crippen LogP contribution in [-0.4, -0.2) is 17.8 Å². The first-order valence-corrected chi connectivity index (χ1v) is 8.58. The molecule has 0 aromatic carbocycles. The van der Waals surface area contributed by atoms with Gasteiger partial charge in [-0.15, -0.1) is 11.6 Å². The van der Waals surface area contributed by atoms with Gasteiger partial charge < -0.3 is 5.32 Å². The molecule has 0 radical (unpaired) electrons. The predicted molar refractivity (Wildman–Crippen MR) is 80.4 cm³/mol. The van der Waals surface area contributed by atoms with Gasteiger partial charge in [0.2, 0.25) is 5.91 Å². The summed E-state index contributed by atoms with van der Waals surface area (Å²) in [6.07, 6.45) is 13.3. The van der Waals surface area contributed by atoms with Crippen molar-refractivity contribution >= 4 is 17.5 Å². The molecule has 2 aliphatic rings. The second-order valence-corrected chi connectivity index (χ2v) is 7.09. The fourth-order valence-corrected chi connectivity index (χ4v) is 3.97. The number of carbonyl (C=O) groups is 1. The molecule has 2 nitrogen and oxygen atoms in total. The van der Waals surface area contributed by atoms with Crippen LogP contribution in [0.25, 0.3) is 0 Å². The van der Waals surface area contributed by atoms with E-state index >= 15 is 0 Å². The van der Waals surface area contributed by atoms with Crippen LogP contribution in [0.1, 0.15) is 70.6 Å². The first-order chi connectivity index (χ1) is 9.24. The summed E-state index contributed by atoms with van der Waals surface area (Å²) in [6, 6.07) is 0. The third kappa shape index (κ3) is 5.72. The van der Waals surface area contributed by atoms with Gasteiger partial charge in [-0.1, -0.05) is 38.5 Å². The summed E-state index contributed by atoms with van der Waals surface area (Å²) >= 11 is 6.18. The molecule has 0 heterocycles.